The van der Waals surface area contributed by atoms with Gasteiger partial charge in [0.25, 0.3) is 16.8 Å². The highest BCUT2D eigenvalue weighted by atomic mass is 32.1. The summed E-state index contributed by atoms with van der Waals surface area (Å²) in [6.07, 6.45) is 3.72. The van der Waals surface area contributed by atoms with Crippen LogP contribution in [0.3, 0.4) is 0 Å². The number of nitro groups is 1. The zero-order valence-corrected chi connectivity index (χ0v) is 21.0. The highest BCUT2D eigenvalue weighted by Crippen LogP contribution is 2.26. The summed E-state index contributed by atoms with van der Waals surface area (Å²) >= 11 is 1.06. The third-order valence-electron chi connectivity index (χ3n) is 6.07. The monoisotopic (exact) mass is 534 g/mol. The molecule has 0 bridgehead atoms. The number of hydrogen-bond donors (Lipinski definition) is 0. The maximum absolute atomic E-state index is 13.3. The van der Waals surface area contributed by atoms with E-state index in [-0.39, 0.29) is 22.8 Å². The van der Waals surface area contributed by atoms with Gasteiger partial charge in [-0.2, -0.15) is 19.7 Å². The van der Waals surface area contributed by atoms with Crippen LogP contribution in [0.15, 0.2) is 101 Å². The van der Waals surface area contributed by atoms with Crippen molar-refractivity contribution in [1.29, 1.82) is 0 Å². The van der Waals surface area contributed by atoms with Crippen molar-refractivity contribution in [1.82, 2.24) is 24.4 Å². The Kier molecular flexibility index (Phi) is 6.10. The Labute approximate surface area is 223 Å². The fourth-order valence-electron chi connectivity index (χ4n) is 4.15. The smallest absolute Gasteiger partial charge is 0.266 e. The van der Waals surface area contributed by atoms with Crippen molar-refractivity contribution in [2.45, 2.75) is 6.42 Å². The van der Waals surface area contributed by atoms with Crippen LogP contribution < -0.4 is 15.7 Å². The Morgan fingerprint density at radius 1 is 0.897 bits per heavy atom. The Morgan fingerprint density at radius 3 is 2.28 bits per heavy atom. The van der Waals surface area contributed by atoms with Gasteiger partial charge in [-0.15, -0.1) is 0 Å². The molecule has 0 aliphatic heterocycles. The normalized spacial score (nSPS) is 11.7. The van der Waals surface area contributed by atoms with Crippen molar-refractivity contribution < 1.29 is 4.92 Å². The Balaban J connectivity index is 1.48. The Morgan fingerprint density at radius 2 is 1.59 bits per heavy atom. The summed E-state index contributed by atoms with van der Waals surface area (Å²) < 4.78 is 3.16. The van der Waals surface area contributed by atoms with Gasteiger partial charge in [-0.1, -0.05) is 59.9 Å². The average Bonchev–Trinajstić information content (AvgIpc) is 3.51. The molecule has 0 saturated heterocycles. The molecule has 10 nitrogen and oxygen atoms in total. The number of rotatable bonds is 6. The third kappa shape index (κ3) is 4.74. The molecular weight excluding hydrogens is 516 g/mol. The number of hydrogen-bond acceptors (Lipinski definition) is 8. The molecule has 0 unspecified atom stereocenters. The predicted molar refractivity (Wildman–Crippen MR) is 147 cm³/mol. The van der Waals surface area contributed by atoms with Crippen LogP contribution in [-0.2, 0) is 6.42 Å². The molecule has 0 saturated carbocycles. The highest BCUT2D eigenvalue weighted by Gasteiger charge is 2.16. The van der Waals surface area contributed by atoms with Gasteiger partial charge in [0.15, 0.2) is 0 Å². The Hall–Kier alpha value is -5.29. The summed E-state index contributed by atoms with van der Waals surface area (Å²) in [6, 6.07) is 24.9. The molecule has 0 aliphatic carbocycles. The van der Waals surface area contributed by atoms with Crippen molar-refractivity contribution in [2.75, 3.05) is 0 Å². The van der Waals surface area contributed by atoms with Crippen molar-refractivity contribution >= 4 is 28.1 Å². The maximum Gasteiger partial charge on any atom is 0.296 e. The summed E-state index contributed by atoms with van der Waals surface area (Å²) in [5.74, 6) is 0. The molecule has 0 spiro atoms. The SMILES string of the molecule is O=c1nc2s/c(=C\c3cn(-c4ccccc4)nc3-c3ccc([N+](=O)[O-])cc3)c(=O)n2nc1Cc1ccccc1. The molecule has 11 heteroatoms. The predicted octanol–water partition coefficient (Wildman–Crippen LogP) is 3.41. The van der Waals surface area contributed by atoms with Crippen LogP contribution in [0.25, 0.3) is 28.0 Å². The highest BCUT2D eigenvalue weighted by molar-refractivity contribution is 7.15. The number of aromatic nitrogens is 5. The van der Waals surface area contributed by atoms with Crippen LogP contribution in [0.2, 0.25) is 0 Å². The van der Waals surface area contributed by atoms with Crippen molar-refractivity contribution in [2.24, 2.45) is 0 Å². The van der Waals surface area contributed by atoms with E-state index in [1.54, 1.807) is 29.1 Å². The van der Waals surface area contributed by atoms with E-state index in [0.717, 1.165) is 27.1 Å². The fourth-order valence-corrected chi connectivity index (χ4v) is 5.05. The van der Waals surface area contributed by atoms with Gasteiger partial charge in [-0.05, 0) is 35.9 Å². The average molecular weight is 535 g/mol. The van der Waals surface area contributed by atoms with Crippen LogP contribution in [0.4, 0.5) is 5.69 Å². The van der Waals surface area contributed by atoms with Gasteiger partial charge in [-0.3, -0.25) is 19.7 Å². The molecule has 190 valence electrons. The summed E-state index contributed by atoms with van der Waals surface area (Å²) in [6.45, 7) is 0. The van der Waals surface area contributed by atoms with E-state index < -0.39 is 16.0 Å². The zero-order chi connectivity index (χ0) is 26.9. The number of non-ortho nitro benzene ring substituents is 1. The van der Waals surface area contributed by atoms with Gasteiger partial charge in [0.1, 0.15) is 11.4 Å². The number of nitrogens with zero attached hydrogens (tertiary/aromatic N) is 6. The lowest BCUT2D eigenvalue weighted by atomic mass is 10.1. The van der Waals surface area contributed by atoms with Gasteiger partial charge in [0, 0.05) is 35.9 Å². The van der Waals surface area contributed by atoms with Crippen molar-refractivity contribution in [3.05, 3.63) is 143 Å². The molecule has 6 rings (SSSR count). The number of fused-ring (bicyclic) bond motifs is 1. The molecule has 0 N–H and O–H groups in total. The molecule has 3 aromatic heterocycles. The third-order valence-corrected chi connectivity index (χ3v) is 7.03. The quantitative estimate of drug-likeness (QED) is 0.237. The summed E-state index contributed by atoms with van der Waals surface area (Å²) in [5, 5.41) is 20.2. The second kappa shape index (κ2) is 9.88. The van der Waals surface area contributed by atoms with Crippen molar-refractivity contribution in [3.63, 3.8) is 0 Å². The van der Waals surface area contributed by atoms with Crippen LogP contribution in [0.1, 0.15) is 16.8 Å². The first-order valence-corrected chi connectivity index (χ1v) is 12.7. The first-order chi connectivity index (χ1) is 19.0. The van der Waals surface area contributed by atoms with E-state index in [2.05, 4.69) is 10.1 Å². The van der Waals surface area contributed by atoms with Crippen LogP contribution in [0.5, 0.6) is 0 Å². The minimum atomic E-state index is -0.477. The molecule has 0 radical (unpaired) electrons. The van der Waals surface area contributed by atoms with Crippen LogP contribution >= 0.6 is 11.3 Å². The Bertz CT molecular complexity index is 2000. The number of thiazole rings is 1. The van der Waals surface area contributed by atoms with E-state index in [9.17, 15) is 19.7 Å². The lowest BCUT2D eigenvalue weighted by Crippen LogP contribution is -2.28. The molecule has 3 heterocycles. The van der Waals surface area contributed by atoms with E-state index in [1.807, 2.05) is 60.7 Å². The minimum Gasteiger partial charge on any atom is -0.266 e. The molecule has 3 aromatic carbocycles. The first kappa shape index (κ1) is 24.1. The first-order valence-electron chi connectivity index (χ1n) is 11.8. The topological polar surface area (TPSA) is 125 Å². The number of nitro benzene ring substituents is 1. The van der Waals surface area contributed by atoms with E-state index in [0.29, 0.717) is 21.4 Å². The summed E-state index contributed by atoms with van der Waals surface area (Å²) in [4.78, 5) is 40.9. The summed E-state index contributed by atoms with van der Waals surface area (Å²) in [5.41, 5.74) is 2.75. The molecule has 0 fully saturated rings. The maximum atomic E-state index is 13.3. The minimum absolute atomic E-state index is 0.0357. The second-order valence-corrected chi connectivity index (χ2v) is 9.66. The van der Waals surface area contributed by atoms with Gasteiger partial charge < -0.3 is 0 Å². The van der Waals surface area contributed by atoms with Crippen molar-refractivity contribution in [3.8, 4) is 16.9 Å². The molecule has 0 aliphatic rings. The lowest BCUT2D eigenvalue weighted by Gasteiger charge is -2.00. The van der Waals surface area contributed by atoms with Gasteiger partial charge in [0.2, 0.25) is 4.96 Å². The lowest BCUT2D eigenvalue weighted by molar-refractivity contribution is -0.384. The van der Waals surface area contributed by atoms with Gasteiger partial charge in [-0.25, -0.2) is 4.68 Å². The standard InChI is InChI=1S/C28H18N6O4S/c35-26-23(15-18-7-3-1-4-8-18)30-33-27(36)24(39-28(33)29-26)16-20-17-32(21-9-5-2-6-10-21)31-25(20)19-11-13-22(14-12-19)34(37)38/h1-14,16-17H,15H2/b24-16-. The molecule has 0 atom stereocenters. The molecular formula is C28H18N6O4S. The molecule has 39 heavy (non-hydrogen) atoms. The zero-order valence-electron chi connectivity index (χ0n) is 20.2. The second-order valence-electron chi connectivity index (χ2n) is 8.65. The van der Waals surface area contributed by atoms with E-state index >= 15 is 0 Å². The number of para-hydroxylation sites is 1. The molecule has 0 amide bonds. The van der Waals surface area contributed by atoms with Crippen LogP contribution in [0, 0.1) is 10.1 Å². The van der Waals surface area contributed by atoms with E-state index in [1.165, 1.54) is 12.1 Å². The van der Waals surface area contributed by atoms with Gasteiger partial charge in [0.05, 0.1) is 15.1 Å². The number of benzene rings is 3. The van der Waals surface area contributed by atoms with E-state index in [4.69, 9.17) is 5.10 Å². The van der Waals surface area contributed by atoms with Crippen LogP contribution in [-0.4, -0.2) is 29.3 Å². The summed E-state index contributed by atoms with van der Waals surface area (Å²) in [7, 11) is 0. The fraction of sp³-hybridized carbons (Fsp3) is 0.0357. The molecule has 6 aromatic rings. The van der Waals surface area contributed by atoms with Gasteiger partial charge >= 0.3 is 0 Å². The largest absolute Gasteiger partial charge is 0.296 e.